The molecule has 1 spiro atoms. The van der Waals surface area contributed by atoms with Gasteiger partial charge in [0.25, 0.3) is 0 Å². The highest BCUT2D eigenvalue weighted by molar-refractivity contribution is 5.98. The largest absolute Gasteiger partial charge is 0.354 e. The van der Waals surface area contributed by atoms with Crippen LogP contribution in [0.5, 0.6) is 0 Å². The molecule has 3 fully saturated rings. The van der Waals surface area contributed by atoms with E-state index in [-0.39, 0.29) is 29.6 Å². The average molecular weight is 393 g/mol. The van der Waals surface area contributed by atoms with Crippen molar-refractivity contribution in [2.45, 2.75) is 38.5 Å². The summed E-state index contributed by atoms with van der Waals surface area (Å²) in [7, 11) is 0. The molecule has 3 heterocycles. The van der Waals surface area contributed by atoms with E-state index in [4.69, 9.17) is 0 Å². The summed E-state index contributed by atoms with van der Waals surface area (Å²) in [5, 5.41) is 0. The van der Waals surface area contributed by atoms with Crippen molar-refractivity contribution in [3.63, 3.8) is 0 Å². The smallest absolute Gasteiger partial charge is 0.229 e. The van der Waals surface area contributed by atoms with Gasteiger partial charge in [-0.05, 0) is 30.4 Å². The molecule has 0 radical (unpaired) electrons. The Labute approximate surface area is 167 Å². The van der Waals surface area contributed by atoms with E-state index in [0.717, 1.165) is 51.4 Å². The Morgan fingerprint density at radius 2 is 1.59 bits per heavy atom. The van der Waals surface area contributed by atoms with E-state index in [1.54, 1.807) is 0 Å². The fourth-order valence-electron chi connectivity index (χ4n) is 4.74. The van der Waals surface area contributed by atoms with Crippen LogP contribution in [0, 0.1) is 5.41 Å². The molecule has 0 N–H and O–H groups in total. The zero-order chi connectivity index (χ0) is 18.0. The number of piperazine rings is 1. The van der Waals surface area contributed by atoms with Gasteiger partial charge in [0.2, 0.25) is 11.8 Å². The lowest BCUT2D eigenvalue weighted by Crippen LogP contribution is -2.52. The van der Waals surface area contributed by atoms with Crippen LogP contribution in [0.1, 0.15) is 38.5 Å². The van der Waals surface area contributed by atoms with Gasteiger partial charge in [-0.3, -0.25) is 19.4 Å². The number of anilines is 1. The molecule has 0 aromatic carbocycles. The number of imide groups is 1. The molecular weight excluding hydrogens is 364 g/mol. The third kappa shape index (κ3) is 4.43. The van der Waals surface area contributed by atoms with Crippen LogP contribution in [0.15, 0.2) is 24.4 Å². The number of likely N-dealkylation sites (tertiary alicyclic amines) is 1. The minimum atomic E-state index is -0.00102. The number of hydrogen-bond acceptors (Lipinski definition) is 5. The molecule has 0 bridgehead atoms. The number of pyridine rings is 1. The number of rotatable bonds is 4. The van der Waals surface area contributed by atoms with Gasteiger partial charge in [-0.15, -0.1) is 12.4 Å². The molecule has 0 atom stereocenters. The van der Waals surface area contributed by atoms with E-state index in [1.807, 2.05) is 24.4 Å². The highest BCUT2D eigenvalue weighted by Gasteiger charge is 2.44. The molecule has 6 nitrogen and oxygen atoms in total. The minimum Gasteiger partial charge on any atom is -0.354 e. The number of aromatic nitrogens is 1. The number of amides is 2. The van der Waals surface area contributed by atoms with Crippen LogP contribution in [-0.2, 0) is 9.59 Å². The maximum absolute atomic E-state index is 12.5. The summed E-state index contributed by atoms with van der Waals surface area (Å²) >= 11 is 0. The molecule has 2 saturated heterocycles. The zero-order valence-corrected chi connectivity index (χ0v) is 16.6. The molecular formula is C20H29ClN4O2. The maximum Gasteiger partial charge on any atom is 0.229 e. The SMILES string of the molecule is Cl.O=C1CC2(CCCC2)CC(=O)N1CCN1CCN(c2ccccn2)CC1. The minimum absolute atomic E-state index is 0. The molecule has 1 aromatic rings. The van der Waals surface area contributed by atoms with Crippen molar-refractivity contribution < 1.29 is 9.59 Å². The van der Waals surface area contributed by atoms with Crippen LogP contribution in [-0.4, -0.2) is 65.9 Å². The van der Waals surface area contributed by atoms with Crippen molar-refractivity contribution in [3.8, 4) is 0 Å². The van der Waals surface area contributed by atoms with E-state index in [9.17, 15) is 9.59 Å². The Hall–Kier alpha value is -1.66. The predicted molar refractivity (Wildman–Crippen MR) is 107 cm³/mol. The molecule has 1 aromatic heterocycles. The number of carbonyl (C=O) groups excluding carboxylic acids is 2. The fraction of sp³-hybridized carbons (Fsp3) is 0.650. The monoisotopic (exact) mass is 392 g/mol. The highest BCUT2D eigenvalue weighted by atomic mass is 35.5. The third-order valence-corrected chi connectivity index (χ3v) is 6.30. The first-order chi connectivity index (χ1) is 12.7. The Morgan fingerprint density at radius 3 is 2.19 bits per heavy atom. The van der Waals surface area contributed by atoms with Gasteiger partial charge in [0.05, 0.1) is 0 Å². The van der Waals surface area contributed by atoms with Gasteiger partial charge in [-0.1, -0.05) is 18.9 Å². The Balaban J connectivity index is 0.00000210. The van der Waals surface area contributed by atoms with Gasteiger partial charge in [-0.25, -0.2) is 4.98 Å². The summed E-state index contributed by atoms with van der Waals surface area (Å²) in [6.07, 6.45) is 7.41. The maximum atomic E-state index is 12.5. The fourth-order valence-corrected chi connectivity index (χ4v) is 4.74. The molecule has 1 aliphatic carbocycles. The topological polar surface area (TPSA) is 56.8 Å². The lowest BCUT2D eigenvalue weighted by molar-refractivity contribution is -0.153. The molecule has 2 aliphatic heterocycles. The normalized spacial score (nSPS) is 23.0. The second-order valence-electron chi connectivity index (χ2n) is 8.02. The van der Waals surface area contributed by atoms with Crippen molar-refractivity contribution in [1.29, 1.82) is 0 Å². The van der Waals surface area contributed by atoms with Crippen molar-refractivity contribution >= 4 is 30.0 Å². The van der Waals surface area contributed by atoms with Crippen molar-refractivity contribution in [2.24, 2.45) is 5.41 Å². The Kier molecular flexibility index (Phi) is 6.37. The number of piperidine rings is 1. The zero-order valence-electron chi connectivity index (χ0n) is 15.8. The number of nitrogens with zero attached hydrogens (tertiary/aromatic N) is 4. The molecule has 0 unspecified atom stereocenters. The van der Waals surface area contributed by atoms with E-state index >= 15 is 0 Å². The summed E-state index contributed by atoms with van der Waals surface area (Å²) in [6.45, 7) is 5.06. The Morgan fingerprint density at radius 1 is 0.926 bits per heavy atom. The lowest BCUT2D eigenvalue weighted by atomic mass is 9.76. The van der Waals surface area contributed by atoms with Crippen molar-refractivity contribution in [2.75, 3.05) is 44.2 Å². The van der Waals surface area contributed by atoms with Gasteiger partial charge in [0.15, 0.2) is 0 Å². The summed E-state index contributed by atoms with van der Waals surface area (Å²) < 4.78 is 0. The van der Waals surface area contributed by atoms with Crippen LogP contribution in [0.4, 0.5) is 5.82 Å². The van der Waals surface area contributed by atoms with Gasteiger partial charge < -0.3 is 4.90 Å². The van der Waals surface area contributed by atoms with Crippen LogP contribution < -0.4 is 4.90 Å². The summed E-state index contributed by atoms with van der Waals surface area (Å²) in [4.78, 5) is 35.7. The molecule has 148 valence electrons. The second-order valence-corrected chi connectivity index (χ2v) is 8.02. The molecule has 4 rings (SSSR count). The van der Waals surface area contributed by atoms with Gasteiger partial charge in [0.1, 0.15) is 5.82 Å². The van der Waals surface area contributed by atoms with Crippen molar-refractivity contribution in [3.05, 3.63) is 24.4 Å². The Bertz CT molecular complexity index is 635. The van der Waals surface area contributed by atoms with E-state index < -0.39 is 0 Å². The molecule has 7 heteroatoms. The number of carbonyl (C=O) groups is 2. The molecule has 27 heavy (non-hydrogen) atoms. The molecule has 1 saturated carbocycles. The van der Waals surface area contributed by atoms with E-state index in [2.05, 4.69) is 14.8 Å². The molecule has 2 amide bonds. The quantitative estimate of drug-likeness (QED) is 0.736. The van der Waals surface area contributed by atoms with Crippen LogP contribution >= 0.6 is 12.4 Å². The highest BCUT2D eigenvalue weighted by Crippen LogP contribution is 2.46. The summed E-state index contributed by atoms with van der Waals surface area (Å²) in [6, 6.07) is 5.99. The first kappa shape index (κ1) is 20.1. The first-order valence-corrected chi connectivity index (χ1v) is 9.87. The summed E-state index contributed by atoms with van der Waals surface area (Å²) in [5.41, 5.74) is -0.00102. The third-order valence-electron chi connectivity index (χ3n) is 6.30. The van der Waals surface area contributed by atoms with E-state index in [1.165, 1.54) is 17.7 Å². The van der Waals surface area contributed by atoms with Crippen molar-refractivity contribution in [1.82, 2.24) is 14.8 Å². The van der Waals surface area contributed by atoms with Crippen LogP contribution in [0.2, 0.25) is 0 Å². The summed E-state index contributed by atoms with van der Waals surface area (Å²) in [5.74, 6) is 1.13. The van der Waals surface area contributed by atoms with E-state index in [0.29, 0.717) is 19.4 Å². The standard InChI is InChI=1S/C20H28N4O2.ClH/c25-18-15-20(6-2-3-7-20)16-19(26)24(18)14-11-22-9-12-23(13-10-22)17-5-1-4-8-21-17;/h1,4-5,8H,2-3,6-7,9-16H2;1H. The van der Waals surface area contributed by atoms with Gasteiger partial charge in [-0.2, -0.15) is 0 Å². The lowest BCUT2D eigenvalue weighted by Gasteiger charge is -2.39. The first-order valence-electron chi connectivity index (χ1n) is 9.87. The average Bonchev–Trinajstić information content (AvgIpc) is 3.09. The molecule has 3 aliphatic rings. The van der Waals surface area contributed by atoms with Gasteiger partial charge >= 0.3 is 0 Å². The number of hydrogen-bond donors (Lipinski definition) is 0. The predicted octanol–water partition coefficient (Wildman–Crippen LogP) is 2.33. The van der Waals surface area contributed by atoms with Crippen LogP contribution in [0.3, 0.4) is 0 Å². The van der Waals surface area contributed by atoms with Gasteiger partial charge in [0, 0.05) is 58.3 Å². The number of halogens is 1. The second kappa shape index (κ2) is 8.57. The van der Waals surface area contributed by atoms with Crippen LogP contribution in [0.25, 0.3) is 0 Å².